The standard InChI is InChI=1S/C15H21F2NO3/c1-4-8-18-15(2,14(19)20-3)7-9-21-13-10-11(16)5-6-12(13)17/h5-6,10,18H,4,7-9H2,1-3H3. The lowest BCUT2D eigenvalue weighted by Gasteiger charge is -2.27. The van der Waals surface area contributed by atoms with Crippen LogP contribution in [0, 0.1) is 11.6 Å². The van der Waals surface area contributed by atoms with Crippen LogP contribution in [0.4, 0.5) is 8.78 Å². The summed E-state index contributed by atoms with van der Waals surface area (Å²) in [6.45, 7) is 4.37. The van der Waals surface area contributed by atoms with Crippen LogP contribution in [0.5, 0.6) is 5.75 Å². The van der Waals surface area contributed by atoms with Gasteiger partial charge in [0.2, 0.25) is 0 Å². The minimum atomic E-state index is -0.922. The van der Waals surface area contributed by atoms with Crippen molar-refractivity contribution in [1.82, 2.24) is 5.32 Å². The van der Waals surface area contributed by atoms with E-state index in [0.29, 0.717) is 6.54 Å². The van der Waals surface area contributed by atoms with Gasteiger partial charge in [0.05, 0.1) is 13.7 Å². The third-order valence-electron chi connectivity index (χ3n) is 3.15. The number of methoxy groups -OCH3 is 1. The molecule has 118 valence electrons. The Labute approximate surface area is 123 Å². The lowest BCUT2D eigenvalue weighted by atomic mass is 9.98. The van der Waals surface area contributed by atoms with E-state index in [-0.39, 0.29) is 18.8 Å². The number of ether oxygens (including phenoxy) is 2. The average molecular weight is 301 g/mol. The highest BCUT2D eigenvalue weighted by Crippen LogP contribution is 2.20. The number of halogens is 2. The van der Waals surface area contributed by atoms with Crippen molar-refractivity contribution in [3.63, 3.8) is 0 Å². The van der Waals surface area contributed by atoms with Crippen molar-refractivity contribution in [3.05, 3.63) is 29.8 Å². The van der Waals surface area contributed by atoms with Gasteiger partial charge in [-0.3, -0.25) is 4.79 Å². The van der Waals surface area contributed by atoms with Crippen molar-refractivity contribution in [1.29, 1.82) is 0 Å². The Bertz CT molecular complexity index is 482. The molecule has 0 spiro atoms. The van der Waals surface area contributed by atoms with Gasteiger partial charge >= 0.3 is 5.97 Å². The molecule has 1 N–H and O–H groups in total. The van der Waals surface area contributed by atoms with Crippen molar-refractivity contribution in [3.8, 4) is 5.75 Å². The predicted molar refractivity (Wildman–Crippen MR) is 75.2 cm³/mol. The topological polar surface area (TPSA) is 47.6 Å². The van der Waals surface area contributed by atoms with E-state index in [1.165, 1.54) is 7.11 Å². The van der Waals surface area contributed by atoms with Crippen LogP contribution in [-0.2, 0) is 9.53 Å². The van der Waals surface area contributed by atoms with Crippen LogP contribution in [0.1, 0.15) is 26.7 Å². The van der Waals surface area contributed by atoms with Crippen LogP contribution < -0.4 is 10.1 Å². The third-order valence-corrected chi connectivity index (χ3v) is 3.15. The monoisotopic (exact) mass is 301 g/mol. The Morgan fingerprint density at radius 3 is 2.71 bits per heavy atom. The molecule has 1 aromatic carbocycles. The number of carbonyl (C=O) groups is 1. The maximum atomic E-state index is 13.4. The molecule has 0 aromatic heterocycles. The number of hydrogen-bond donors (Lipinski definition) is 1. The molecular weight excluding hydrogens is 280 g/mol. The zero-order chi connectivity index (χ0) is 15.9. The molecule has 1 unspecified atom stereocenters. The quantitative estimate of drug-likeness (QED) is 0.750. The molecule has 0 amide bonds. The molecule has 1 aromatic rings. The summed E-state index contributed by atoms with van der Waals surface area (Å²) in [7, 11) is 1.31. The van der Waals surface area contributed by atoms with Crippen LogP contribution in [-0.4, -0.2) is 31.8 Å². The molecule has 6 heteroatoms. The molecule has 0 aliphatic heterocycles. The number of hydrogen-bond acceptors (Lipinski definition) is 4. The maximum absolute atomic E-state index is 13.4. The van der Waals surface area contributed by atoms with E-state index in [0.717, 1.165) is 24.6 Å². The molecule has 0 saturated carbocycles. The third kappa shape index (κ3) is 4.97. The molecule has 0 radical (unpaired) electrons. The molecule has 0 aliphatic rings. The summed E-state index contributed by atoms with van der Waals surface area (Å²) in [6, 6.07) is 2.99. The van der Waals surface area contributed by atoms with Gasteiger partial charge in [0.1, 0.15) is 11.4 Å². The molecule has 21 heavy (non-hydrogen) atoms. The summed E-state index contributed by atoms with van der Waals surface area (Å²) < 4.78 is 36.4. The summed E-state index contributed by atoms with van der Waals surface area (Å²) in [5.41, 5.74) is -0.922. The number of esters is 1. The van der Waals surface area contributed by atoms with Crippen LogP contribution in [0.15, 0.2) is 18.2 Å². The summed E-state index contributed by atoms with van der Waals surface area (Å²) in [5, 5.41) is 3.09. The summed E-state index contributed by atoms with van der Waals surface area (Å²) in [5.74, 6) is -1.80. The second-order valence-electron chi connectivity index (χ2n) is 4.92. The van der Waals surface area contributed by atoms with Gasteiger partial charge in [-0.05, 0) is 32.0 Å². The van der Waals surface area contributed by atoms with E-state index in [9.17, 15) is 13.6 Å². The van der Waals surface area contributed by atoms with Crippen molar-refractivity contribution in [2.24, 2.45) is 0 Å². The smallest absolute Gasteiger partial charge is 0.325 e. The van der Waals surface area contributed by atoms with Crippen LogP contribution in [0.2, 0.25) is 0 Å². The lowest BCUT2D eigenvalue weighted by Crippen LogP contribution is -2.51. The lowest BCUT2D eigenvalue weighted by molar-refractivity contribution is -0.148. The largest absolute Gasteiger partial charge is 0.490 e. The van der Waals surface area contributed by atoms with Gasteiger partial charge in [-0.25, -0.2) is 8.78 Å². The Kier molecular flexibility index (Phi) is 6.55. The highest BCUT2D eigenvalue weighted by molar-refractivity contribution is 5.80. The SMILES string of the molecule is CCCNC(C)(CCOc1cc(F)ccc1F)C(=O)OC. The molecule has 0 aliphatic carbocycles. The molecular formula is C15H21F2NO3. The van der Waals surface area contributed by atoms with Gasteiger partial charge in [0.25, 0.3) is 0 Å². The highest BCUT2D eigenvalue weighted by Gasteiger charge is 2.33. The molecule has 1 rings (SSSR count). The van der Waals surface area contributed by atoms with E-state index >= 15 is 0 Å². The minimum Gasteiger partial charge on any atom is -0.490 e. The zero-order valence-corrected chi connectivity index (χ0v) is 12.5. The van der Waals surface area contributed by atoms with Gasteiger partial charge in [0, 0.05) is 12.5 Å². The van der Waals surface area contributed by atoms with E-state index in [4.69, 9.17) is 9.47 Å². The Balaban J connectivity index is 2.64. The minimum absolute atomic E-state index is 0.0582. The summed E-state index contributed by atoms with van der Waals surface area (Å²) in [6.07, 6.45) is 1.13. The number of carbonyl (C=O) groups excluding carboxylic acids is 1. The fraction of sp³-hybridized carbons (Fsp3) is 0.533. The summed E-state index contributed by atoms with van der Waals surface area (Å²) in [4.78, 5) is 11.8. The van der Waals surface area contributed by atoms with Crippen LogP contribution >= 0.6 is 0 Å². The van der Waals surface area contributed by atoms with Crippen molar-refractivity contribution in [2.75, 3.05) is 20.3 Å². The van der Waals surface area contributed by atoms with Crippen molar-refractivity contribution in [2.45, 2.75) is 32.2 Å². The molecule has 0 saturated heterocycles. The Morgan fingerprint density at radius 2 is 2.10 bits per heavy atom. The normalized spacial score (nSPS) is 13.6. The van der Waals surface area contributed by atoms with Gasteiger partial charge in [-0.2, -0.15) is 0 Å². The first-order chi connectivity index (χ1) is 9.92. The second kappa shape index (κ2) is 7.93. The van der Waals surface area contributed by atoms with E-state index in [1.807, 2.05) is 6.92 Å². The van der Waals surface area contributed by atoms with E-state index in [2.05, 4.69) is 5.32 Å². The first kappa shape index (κ1) is 17.4. The zero-order valence-electron chi connectivity index (χ0n) is 12.5. The van der Waals surface area contributed by atoms with Gasteiger partial charge in [-0.1, -0.05) is 6.92 Å². The highest BCUT2D eigenvalue weighted by atomic mass is 19.1. The Morgan fingerprint density at radius 1 is 1.38 bits per heavy atom. The van der Waals surface area contributed by atoms with Gasteiger partial charge in [0.15, 0.2) is 11.6 Å². The van der Waals surface area contributed by atoms with Crippen molar-refractivity contribution < 1.29 is 23.0 Å². The Hall–Kier alpha value is -1.69. The van der Waals surface area contributed by atoms with Crippen LogP contribution in [0.25, 0.3) is 0 Å². The first-order valence-electron chi connectivity index (χ1n) is 6.84. The van der Waals surface area contributed by atoms with E-state index in [1.54, 1.807) is 6.92 Å². The second-order valence-corrected chi connectivity index (χ2v) is 4.92. The van der Waals surface area contributed by atoms with Gasteiger partial charge in [-0.15, -0.1) is 0 Å². The van der Waals surface area contributed by atoms with Gasteiger partial charge < -0.3 is 14.8 Å². The van der Waals surface area contributed by atoms with Crippen molar-refractivity contribution >= 4 is 5.97 Å². The number of benzene rings is 1. The average Bonchev–Trinajstić information content (AvgIpc) is 2.47. The fourth-order valence-electron chi connectivity index (χ4n) is 1.84. The molecule has 0 heterocycles. The number of rotatable bonds is 8. The molecule has 1 atom stereocenters. The summed E-state index contributed by atoms with van der Waals surface area (Å²) >= 11 is 0. The predicted octanol–water partition coefficient (Wildman–Crippen LogP) is 2.67. The molecule has 4 nitrogen and oxygen atoms in total. The maximum Gasteiger partial charge on any atom is 0.325 e. The molecule has 0 bridgehead atoms. The molecule has 0 fully saturated rings. The number of nitrogens with one attached hydrogen (secondary N) is 1. The fourth-order valence-corrected chi connectivity index (χ4v) is 1.84. The van der Waals surface area contributed by atoms with E-state index < -0.39 is 23.1 Å². The first-order valence-corrected chi connectivity index (χ1v) is 6.84. The van der Waals surface area contributed by atoms with Crippen LogP contribution in [0.3, 0.4) is 0 Å².